The lowest BCUT2D eigenvalue weighted by molar-refractivity contribution is 0.0345. The van der Waals surface area contributed by atoms with Crippen LogP contribution in [-0.2, 0) is 4.74 Å². The molecule has 2 rings (SSSR count). The molecule has 1 aliphatic carbocycles. The molecule has 1 aromatic carbocycles. The van der Waals surface area contributed by atoms with Gasteiger partial charge in [0.2, 0.25) is 0 Å². The van der Waals surface area contributed by atoms with Crippen molar-refractivity contribution in [3.8, 4) is 0 Å². The number of rotatable bonds is 4. The van der Waals surface area contributed by atoms with E-state index in [0.29, 0.717) is 12.2 Å². The lowest BCUT2D eigenvalue weighted by Crippen LogP contribution is -2.22. The van der Waals surface area contributed by atoms with Crippen molar-refractivity contribution < 1.29 is 13.5 Å². The second-order valence-corrected chi connectivity index (χ2v) is 5.23. The van der Waals surface area contributed by atoms with Crippen LogP contribution in [0.1, 0.15) is 50.1 Å². The van der Waals surface area contributed by atoms with E-state index in [1.54, 1.807) is 0 Å². The van der Waals surface area contributed by atoms with Crippen LogP contribution in [0.15, 0.2) is 18.2 Å². The highest BCUT2D eigenvalue weighted by atomic mass is 19.2. The van der Waals surface area contributed by atoms with Crippen LogP contribution in [0.25, 0.3) is 0 Å². The first-order chi connectivity index (χ1) is 9.16. The van der Waals surface area contributed by atoms with Crippen LogP contribution in [0.3, 0.4) is 0 Å². The summed E-state index contributed by atoms with van der Waals surface area (Å²) < 4.78 is 31.8. The summed E-state index contributed by atoms with van der Waals surface area (Å²) in [7, 11) is 0. The molecule has 0 bridgehead atoms. The number of hydrogen-bond acceptors (Lipinski definition) is 2. The molecule has 1 aliphatic rings. The van der Waals surface area contributed by atoms with E-state index in [1.807, 2.05) is 0 Å². The Balaban J connectivity index is 1.85. The third-order valence-corrected chi connectivity index (χ3v) is 3.69. The van der Waals surface area contributed by atoms with Crippen molar-refractivity contribution in [3.05, 3.63) is 35.4 Å². The van der Waals surface area contributed by atoms with E-state index in [4.69, 9.17) is 10.5 Å². The van der Waals surface area contributed by atoms with E-state index >= 15 is 0 Å². The fourth-order valence-corrected chi connectivity index (χ4v) is 2.49. The maximum absolute atomic E-state index is 13.1. The zero-order valence-corrected chi connectivity index (χ0v) is 11.1. The quantitative estimate of drug-likeness (QED) is 0.846. The molecule has 1 fully saturated rings. The van der Waals surface area contributed by atoms with Crippen LogP contribution in [-0.4, -0.2) is 12.7 Å². The van der Waals surface area contributed by atoms with E-state index in [-0.39, 0.29) is 6.10 Å². The summed E-state index contributed by atoms with van der Waals surface area (Å²) in [6, 6.07) is 3.37. The fourth-order valence-electron chi connectivity index (χ4n) is 2.49. The molecule has 1 saturated carbocycles. The van der Waals surface area contributed by atoms with Crippen LogP contribution >= 0.6 is 0 Å². The van der Waals surface area contributed by atoms with Crippen molar-refractivity contribution in [2.75, 3.05) is 6.61 Å². The van der Waals surface area contributed by atoms with Crippen molar-refractivity contribution in [1.29, 1.82) is 0 Å². The molecule has 19 heavy (non-hydrogen) atoms. The summed E-state index contributed by atoms with van der Waals surface area (Å²) in [5.41, 5.74) is 6.53. The second kappa shape index (κ2) is 6.96. The Morgan fingerprint density at radius 3 is 2.42 bits per heavy atom. The van der Waals surface area contributed by atoms with Gasteiger partial charge in [-0.2, -0.15) is 0 Å². The van der Waals surface area contributed by atoms with E-state index < -0.39 is 17.7 Å². The van der Waals surface area contributed by atoms with Crippen molar-refractivity contribution in [2.24, 2.45) is 5.73 Å². The monoisotopic (exact) mass is 269 g/mol. The average Bonchev–Trinajstić information content (AvgIpc) is 2.67. The highest BCUT2D eigenvalue weighted by Gasteiger charge is 2.15. The lowest BCUT2D eigenvalue weighted by Gasteiger charge is -2.19. The Morgan fingerprint density at radius 2 is 1.79 bits per heavy atom. The Labute approximate surface area is 112 Å². The molecule has 0 spiro atoms. The van der Waals surface area contributed by atoms with Crippen molar-refractivity contribution >= 4 is 0 Å². The summed E-state index contributed by atoms with van der Waals surface area (Å²) in [5.74, 6) is -1.71. The molecule has 106 valence electrons. The van der Waals surface area contributed by atoms with Gasteiger partial charge in [0.1, 0.15) is 0 Å². The zero-order chi connectivity index (χ0) is 13.7. The van der Waals surface area contributed by atoms with Crippen LogP contribution in [0.4, 0.5) is 8.78 Å². The van der Waals surface area contributed by atoms with Gasteiger partial charge in [-0.25, -0.2) is 8.78 Å². The first-order valence-corrected chi connectivity index (χ1v) is 6.99. The van der Waals surface area contributed by atoms with Crippen molar-refractivity contribution in [2.45, 2.75) is 50.7 Å². The minimum atomic E-state index is -0.859. The number of halogens is 2. The molecule has 0 aliphatic heterocycles. The van der Waals surface area contributed by atoms with Crippen LogP contribution < -0.4 is 5.73 Å². The van der Waals surface area contributed by atoms with Crippen LogP contribution in [0.5, 0.6) is 0 Å². The Hall–Kier alpha value is -1.00. The predicted molar refractivity (Wildman–Crippen MR) is 70.7 cm³/mol. The number of ether oxygens (including phenoxy) is 1. The van der Waals surface area contributed by atoms with E-state index in [0.717, 1.165) is 25.0 Å². The molecule has 2 N–H and O–H groups in total. The van der Waals surface area contributed by atoms with Gasteiger partial charge < -0.3 is 10.5 Å². The highest BCUT2D eigenvalue weighted by Crippen LogP contribution is 2.21. The van der Waals surface area contributed by atoms with Gasteiger partial charge in [-0.3, -0.25) is 0 Å². The summed E-state index contributed by atoms with van der Waals surface area (Å²) in [5, 5.41) is 0. The SMILES string of the molecule is NC(COC1CCCCCC1)c1ccc(F)c(F)c1. The summed E-state index contributed by atoms with van der Waals surface area (Å²) in [6.07, 6.45) is 7.36. The molecule has 0 radical (unpaired) electrons. The van der Waals surface area contributed by atoms with Gasteiger partial charge in [-0.1, -0.05) is 31.7 Å². The molecule has 0 heterocycles. The third-order valence-electron chi connectivity index (χ3n) is 3.69. The normalized spacial score (nSPS) is 19.1. The zero-order valence-electron chi connectivity index (χ0n) is 11.1. The molecule has 1 atom stereocenters. The molecule has 0 saturated heterocycles. The molecule has 1 unspecified atom stereocenters. The van der Waals surface area contributed by atoms with E-state index in [2.05, 4.69) is 0 Å². The number of nitrogens with two attached hydrogens (primary N) is 1. The van der Waals surface area contributed by atoms with Gasteiger partial charge in [0.05, 0.1) is 18.8 Å². The van der Waals surface area contributed by atoms with Crippen molar-refractivity contribution in [1.82, 2.24) is 0 Å². The third kappa shape index (κ3) is 4.25. The van der Waals surface area contributed by atoms with Crippen molar-refractivity contribution in [3.63, 3.8) is 0 Å². The molecule has 0 aromatic heterocycles. The van der Waals surface area contributed by atoms with Crippen LogP contribution in [0, 0.1) is 11.6 Å². The largest absolute Gasteiger partial charge is 0.376 e. The first kappa shape index (κ1) is 14.4. The first-order valence-electron chi connectivity index (χ1n) is 6.99. The van der Waals surface area contributed by atoms with Gasteiger partial charge in [-0.05, 0) is 30.5 Å². The van der Waals surface area contributed by atoms with Gasteiger partial charge in [0.15, 0.2) is 11.6 Å². The summed E-state index contributed by atoms with van der Waals surface area (Å²) >= 11 is 0. The number of hydrogen-bond donors (Lipinski definition) is 1. The minimum Gasteiger partial charge on any atom is -0.376 e. The second-order valence-electron chi connectivity index (χ2n) is 5.23. The van der Waals surface area contributed by atoms with Gasteiger partial charge in [0.25, 0.3) is 0 Å². The molecule has 4 heteroatoms. The fraction of sp³-hybridized carbons (Fsp3) is 0.600. The minimum absolute atomic E-state index is 0.263. The molecule has 1 aromatic rings. The smallest absolute Gasteiger partial charge is 0.159 e. The van der Waals surface area contributed by atoms with Gasteiger partial charge in [-0.15, -0.1) is 0 Å². The maximum Gasteiger partial charge on any atom is 0.159 e. The molecular weight excluding hydrogens is 248 g/mol. The van der Waals surface area contributed by atoms with Gasteiger partial charge >= 0.3 is 0 Å². The Morgan fingerprint density at radius 1 is 1.11 bits per heavy atom. The topological polar surface area (TPSA) is 35.2 Å². The van der Waals surface area contributed by atoms with Crippen LogP contribution in [0.2, 0.25) is 0 Å². The lowest BCUT2D eigenvalue weighted by atomic mass is 10.1. The van der Waals surface area contributed by atoms with E-state index in [9.17, 15) is 8.78 Å². The molecule has 2 nitrogen and oxygen atoms in total. The summed E-state index contributed by atoms with van der Waals surface area (Å²) in [4.78, 5) is 0. The maximum atomic E-state index is 13.1. The van der Waals surface area contributed by atoms with Gasteiger partial charge in [0, 0.05) is 0 Å². The predicted octanol–water partition coefficient (Wildman–Crippen LogP) is 3.70. The number of benzene rings is 1. The Kier molecular flexibility index (Phi) is 5.28. The molecule has 0 amide bonds. The highest BCUT2D eigenvalue weighted by molar-refractivity contribution is 5.20. The summed E-state index contributed by atoms with van der Waals surface area (Å²) in [6.45, 7) is 0.357. The average molecular weight is 269 g/mol. The Bertz CT molecular complexity index is 403. The van der Waals surface area contributed by atoms with E-state index in [1.165, 1.54) is 31.7 Å². The standard InChI is InChI=1S/C15H21F2NO/c16-13-8-7-11(9-14(13)17)15(18)10-19-12-5-3-1-2-4-6-12/h7-9,12,15H,1-6,10,18H2. The molecular formula is C15H21F2NO.